The Kier molecular flexibility index (Phi) is 2.87. The molecule has 0 unspecified atom stereocenters. The maximum atomic E-state index is 12.1. The Balaban J connectivity index is 1.82. The molecule has 0 N–H and O–H groups in total. The van der Waals surface area contributed by atoms with E-state index in [9.17, 15) is 9.59 Å². The zero-order chi connectivity index (χ0) is 16.0. The maximum absolute atomic E-state index is 12.1. The summed E-state index contributed by atoms with van der Waals surface area (Å²) in [6, 6.07) is 14.3. The van der Waals surface area contributed by atoms with E-state index in [4.69, 9.17) is 9.47 Å². The molecule has 2 heterocycles. The van der Waals surface area contributed by atoms with Crippen molar-refractivity contribution in [2.45, 2.75) is 6.92 Å². The molecule has 2 aliphatic heterocycles. The van der Waals surface area contributed by atoms with Crippen molar-refractivity contribution in [1.82, 2.24) is 0 Å². The van der Waals surface area contributed by atoms with Gasteiger partial charge in [0.1, 0.15) is 0 Å². The Labute approximate surface area is 131 Å². The summed E-state index contributed by atoms with van der Waals surface area (Å²) in [5.74, 6) is -0.759. The molecule has 0 fully saturated rings. The highest BCUT2D eigenvalue weighted by Crippen LogP contribution is 2.34. The molecule has 0 atom stereocenters. The minimum absolute atomic E-state index is 0.0128. The quantitative estimate of drug-likeness (QED) is 0.600. The van der Waals surface area contributed by atoms with Crippen LogP contribution in [0.4, 0.5) is 0 Å². The summed E-state index contributed by atoms with van der Waals surface area (Å²) in [4.78, 5) is 28.2. The third kappa shape index (κ3) is 2.14. The molecular formula is C18H11NO4. The fourth-order valence-corrected chi connectivity index (χ4v) is 2.51. The van der Waals surface area contributed by atoms with Crippen LogP contribution < -0.4 is 0 Å². The number of carbonyl (C=O) groups is 2. The van der Waals surface area contributed by atoms with Gasteiger partial charge in [0.25, 0.3) is 0 Å². The first-order chi connectivity index (χ1) is 11.1. The lowest BCUT2D eigenvalue weighted by Gasteiger charge is -1.99. The summed E-state index contributed by atoms with van der Waals surface area (Å²) < 4.78 is 10.4. The lowest BCUT2D eigenvalue weighted by atomic mass is 10.1. The largest absolute Gasteiger partial charge is 0.420 e. The second-order valence-electron chi connectivity index (χ2n) is 5.29. The number of hydrogen-bond donors (Lipinski definition) is 0. The van der Waals surface area contributed by atoms with Gasteiger partial charge in [0.05, 0.1) is 5.56 Å². The number of nitrogens with zero attached hydrogens (tertiary/aromatic N) is 1. The summed E-state index contributed by atoms with van der Waals surface area (Å²) in [7, 11) is 0. The van der Waals surface area contributed by atoms with Crippen LogP contribution in [0.15, 0.2) is 59.2 Å². The van der Waals surface area contributed by atoms with Gasteiger partial charge in [0.2, 0.25) is 5.90 Å². The number of hydrogen-bond acceptors (Lipinski definition) is 5. The molecule has 0 bridgehead atoms. The first-order valence-corrected chi connectivity index (χ1v) is 7.07. The number of esters is 2. The normalized spacial score (nSPS) is 19.3. The van der Waals surface area contributed by atoms with Gasteiger partial charge in [-0.15, -0.1) is 0 Å². The SMILES string of the molecule is Cc1ccc(C2=NC(=C3OC(=O)c4ccccc43)C(=O)O2)cc1. The van der Waals surface area contributed by atoms with Crippen LogP contribution in [0.3, 0.4) is 0 Å². The van der Waals surface area contributed by atoms with Gasteiger partial charge in [-0.1, -0.05) is 35.9 Å². The van der Waals surface area contributed by atoms with Crippen molar-refractivity contribution in [3.8, 4) is 0 Å². The summed E-state index contributed by atoms with van der Waals surface area (Å²) >= 11 is 0. The number of cyclic esters (lactones) is 2. The van der Waals surface area contributed by atoms with Crippen LogP contribution >= 0.6 is 0 Å². The molecule has 5 nitrogen and oxygen atoms in total. The molecule has 2 aromatic rings. The van der Waals surface area contributed by atoms with Crippen molar-refractivity contribution in [3.63, 3.8) is 0 Å². The van der Waals surface area contributed by atoms with Crippen LogP contribution in [-0.2, 0) is 14.3 Å². The Morgan fingerprint density at radius 3 is 2.26 bits per heavy atom. The van der Waals surface area contributed by atoms with Gasteiger partial charge in [0, 0.05) is 11.1 Å². The third-order valence-electron chi connectivity index (χ3n) is 3.70. The minimum Gasteiger partial charge on any atom is -0.420 e. The van der Waals surface area contributed by atoms with E-state index < -0.39 is 11.9 Å². The number of aliphatic imine (C=N–C) groups is 1. The topological polar surface area (TPSA) is 65.0 Å². The van der Waals surface area contributed by atoms with Crippen LogP contribution in [0, 0.1) is 6.92 Å². The lowest BCUT2D eigenvalue weighted by molar-refractivity contribution is -0.130. The summed E-state index contributed by atoms with van der Waals surface area (Å²) in [5, 5.41) is 0. The average Bonchev–Trinajstić information content (AvgIpc) is 3.09. The molecule has 0 aliphatic carbocycles. The Hall–Kier alpha value is -3.21. The third-order valence-corrected chi connectivity index (χ3v) is 3.70. The average molecular weight is 305 g/mol. The molecule has 4 rings (SSSR count). The van der Waals surface area contributed by atoms with Gasteiger partial charge < -0.3 is 9.47 Å². The molecule has 0 amide bonds. The predicted octanol–water partition coefficient (Wildman–Crippen LogP) is 2.84. The molecular weight excluding hydrogens is 294 g/mol. The molecule has 0 saturated carbocycles. The van der Waals surface area contributed by atoms with E-state index in [1.165, 1.54) is 0 Å². The highest BCUT2D eigenvalue weighted by Gasteiger charge is 2.35. The molecule has 112 valence electrons. The lowest BCUT2D eigenvalue weighted by Crippen LogP contribution is -2.06. The zero-order valence-electron chi connectivity index (χ0n) is 12.2. The van der Waals surface area contributed by atoms with Crippen molar-refractivity contribution in [2.24, 2.45) is 4.99 Å². The fraction of sp³-hybridized carbons (Fsp3) is 0.0556. The molecule has 0 radical (unpaired) electrons. The second kappa shape index (κ2) is 4.91. The molecule has 0 aromatic heterocycles. The molecule has 5 heteroatoms. The number of aryl methyl sites for hydroxylation is 1. The number of benzene rings is 2. The van der Waals surface area contributed by atoms with E-state index in [-0.39, 0.29) is 17.4 Å². The van der Waals surface area contributed by atoms with Gasteiger partial charge in [-0.2, -0.15) is 0 Å². The number of ether oxygens (including phenoxy) is 2. The highest BCUT2D eigenvalue weighted by molar-refractivity contribution is 6.16. The van der Waals surface area contributed by atoms with Gasteiger partial charge in [-0.3, -0.25) is 0 Å². The molecule has 0 spiro atoms. The standard InChI is InChI=1S/C18H11NO4/c1-10-6-8-11(9-7-10)16-19-14(18(21)23-16)15-12-4-2-3-5-13(12)17(20)22-15/h2-9H,1H3. The van der Waals surface area contributed by atoms with Gasteiger partial charge >= 0.3 is 11.9 Å². The Morgan fingerprint density at radius 2 is 1.52 bits per heavy atom. The van der Waals surface area contributed by atoms with Crippen LogP contribution in [0.1, 0.15) is 27.0 Å². The van der Waals surface area contributed by atoms with Crippen molar-refractivity contribution >= 4 is 23.6 Å². The van der Waals surface area contributed by atoms with Gasteiger partial charge in [-0.25, -0.2) is 14.6 Å². The monoisotopic (exact) mass is 305 g/mol. The van der Waals surface area contributed by atoms with Crippen LogP contribution in [-0.4, -0.2) is 17.8 Å². The van der Waals surface area contributed by atoms with Gasteiger partial charge in [-0.05, 0) is 25.1 Å². The van der Waals surface area contributed by atoms with Crippen LogP contribution in [0.5, 0.6) is 0 Å². The smallest absolute Gasteiger partial charge is 0.367 e. The predicted molar refractivity (Wildman–Crippen MR) is 82.6 cm³/mol. The van der Waals surface area contributed by atoms with Crippen molar-refractivity contribution in [3.05, 3.63) is 76.5 Å². The summed E-state index contributed by atoms with van der Waals surface area (Å²) in [5.41, 5.74) is 2.77. The number of rotatable bonds is 1. The number of carbonyl (C=O) groups excluding carboxylic acids is 2. The van der Waals surface area contributed by atoms with E-state index in [1.54, 1.807) is 24.3 Å². The molecule has 2 aromatic carbocycles. The second-order valence-corrected chi connectivity index (χ2v) is 5.29. The first kappa shape index (κ1) is 13.5. The molecule has 23 heavy (non-hydrogen) atoms. The van der Waals surface area contributed by atoms with Crippen LogP contribution in [0.2, 0.25) is 0 Å². The Morgan fingerprint density at radius 1 is 0.826 bits per heavy atom. The molecule has 0 saturated heterocycles. The summed E-state index contributed by atoms with van der Waals surface area (Å²) in [6.45, 7) is 1.97. The fourth-order valence-electron chi connectivity index (χ4n) is 2.51. The van der Waals surface area contributed by atoms with E-state index >= 15 is 0 Å². The van der Waals surface area contributed by atoms with Gasteiger partial charge in [0.15, 0.2) is 11.5 Å². The van der Waals surface area contributed by atoms with Crippen molar-refractivity contribution in [1.29, 1.82) is 0 Å². The van der Waals surface area contributed by atoms with Crippen LogP contribution in [0.25, 0.3) is 5.76 Å². The first-order valence-electron chi connectivity index (χ1n) is 7.07. The van der Waals surface area contributed by atoms with E-state index in [1.807, 2.05) is 31.2 Å². The van der Waals surface area contributed by atoms with Crippen molar-refractivity contribution < 1.29 is 19.1 Å². The molecule has 2 aliphatic rings. The summed E-state index contributed by atoms with van der Waals surface area (Å²) in [6.07, 6.45) is 0. The maximum Gasteiger partial charge on any atom is 0.367 e. The Bertz CT molecular complexity index is 907. The highest BCUT2D eigenvalue weighted by atomic mass is 16.6. The van der Waals surface area contributed by atoms with E-state index in [0.717, 1.165) is 5.56 Å². The minimum atomic E-state index is -0.625. The number of fused-ring (bicyclic) bond motifs is 1. The zero-order valence-corrected chi connectivity index (χ0v) is 12.2. The van der Waals surface area contributed by atoms with E-state index in [0.29, 0.717) is 16.7 Å². The van der Waals surface area contributed by atoms with E-state index in [2.05, 4.69) is 4.99 Å². The van der Waals surface area contributed by atoms with Crippen molar-refractivity contribution in [2.75, 3.05) is 0 Å².